The SMILES string of the molecule is CC(C)[C@@H](c1nnnn1Cc1ccc2c(c1)OCO2)[NH+]1CC[NH+](C)CC1. The molecule has 0 aliphatic carbocycles. The highest BCUT2D eigenvalue weighted by molar-refractivity contribution is 5.44. The van der Waals surface area contributed by atoms with Gasteiger partial charge in [-0.2, -0.15) is 0 Å². The van der Waals surface area contributed by atoms with E-state index in [1.807, 2.05) is 16.8 Å². The molecule has 0 spiro atoms. The van der Waals surface area contributed by atoms with E-state index in [2.05, 4.69) is 42.5 Å². The van der Waals surface area contributed by atoms with Gasteiger partial charge in [0.15, 0.2) is 17.5 Å². The topological polar surface area (TPSA) is 70.9 Å². The van der Waals surface area contributed by atoms with Crippen LogP contribution in [0.15, 0.2) is 18.2 Å². The zero-order valence-corrected chi connectivity index (χ0v) is 15.7. The van der Waals surface area contributed by atoms with Crippen molar-refractivity contribution in [2.24, 2.45) is 5.92 Å². The third-order valence-corrected chi connectivity index (χ3v) is 5.46. The number of hydrogen-bond acceptors (Lipinski definition) is 5. The number of rotatable bonds is 5. The predicted octanol–water partition coefficient (Wildman–Crippen LogP) is -1.44. The number of tetrazole rings is 1. The highest BCUT2D eigenvalue weighted by Crippen LogP contribution is 2.32. The molecule has 0 amide bonds. The van der Waals surface area contributed by atoms with Crippen LogP contribution in [0.1, 0.15) is 31.3 Å². The number of fused-ring (bicyclic) bond motifs is 1. The summed E-state index contributed by atoms with van der Waals surface area (Å²) >= 11 is 0. The average molecular weight is 360 g/mol. The molecule has 3 heterocycles. The molecule has 26 heavy (non-hydrogen) atoms. The lowest BCUT2D eigenvalue weighted by Crippen LogP contribution is -3.27. The van der Waals surface area contributed by atoms with Gasteiger partial charge < -0.3 is 19.3 Å². The van der Waals surface area contributed by atoms with E-state index in [4.69, 9.17) is 9.47 Å². The molecule has 0 radical (unpaired) electrons. The summed E-state index contributed by atoms with van der Waals surface area (Å²) in [5.41, 5.74) is 1.11. The molecule has 8 nitrogen and oxygen atoms in total. The van der Waals surface area contributed by atoms with Crippen LogP contribution in [-0.2, 0) is 6.54 Å². The minimum Gasteiger partial charge on any atom is -0.454 e. The Balaban J connectivity index is 1.56. The summed E-state index contributed by atoms with van der Waals surface area (Å²) in [6.45, 7) is 10.2. The average Bonchev–Trinajstić information content (AvgIpc) is 3.26. The summed E-state index contributed by atoms with van der Waals surface area (Å²) in [5, 5.41) is 12.7. The third kappa shape index (κ3) is 3.39. The van der Waals surface area contributed by atoms with Gasteiger partial charge in [-0.3, -0.25) is 0 Å². The van der Waals surface area contributed by atoms with Crippen LogP contribution in [0.3, 0.4) is 0 Å². The number of piperazine rings is 1. The molecule has 1 aromatic carbocycles. The van der Waals surface area contributed by atoms with Gasteiger partial charge in [0.25, 0.3) is 0 Å². The molecule has 2 N–H and O–H groups in total. The van der Waals surface area contributed by atoms with E-state index >= 15 is 0 Å². The van der Waals surface area contributed by atoms with Gasteiger partial charge in [-0.1, -0.05) is 19.9 Å². The molecule has 8 heteroatoms. The van der Waals surface area contributed by atoms with Gasteiger partial charge in [0.2, 0.25) is 12.6 Å². The molecule has 2 aliphatic rings. The molecule has 2 aliphatic heterocycles. The first-order valence-corrected chi connectivity index (χ1v) is 9.42. The number of hydrogen-bond donors (Lipinski definition) is 2. The Morgan fingerprint density at radius 3 is 2.65 bits per heavy atom. The second kappa shape index (κ2) is 7.20. The van der Waals surface area contributed by atoms with Crippen LogP contribution in [0.5, 0.6) is 11.5 Å². The van der Waals surface area contributed by atoms with Gasteiger partial charge in [-0.05, 0) is 28.1 Å². The zero-order valence-electron chi connectivity index (χ0n) is 15.7. The fourth-order valence-electron chi connectivity index (χ4n) is 4.02. The fourth-order valence-corrected chi connectivity index (χ4v) is 4.02. The van der Waals surface area contributed by atoms with Crippen molar-refractivity contribution in [2.45, 2.75) is 26.4 Å². The molecule has 4 rings (SSSR count). The number of nitrogens with one attached hydrogen (secondary N) is 2. The zero-order chi connectivity index (χ0) is 18.1. The van der Waals surface area contributed by atoms with Crippen molar-refractivity contribution in [2.75, 3.05) is 40.0 Å². The molecular weight excluding hydrogens is 332 g/mol. The molecule has 0 bridgehead atoms. The Morgan fingerprint density at radius 1 is 1.12 bits per heavy atom. The lowest BCUT2D eigenvalue weighted by Gasteiger charge is -2.34. The normalized spacial score (nSPS) is 23.4. The smallest absolute Gasteiger partial charge is 0.231 e. The minimum absolute atomic E-state index is 0.291. The molecule has 1 fully saturated rings. The van der Waals surface area contributed by atoms with Gasteiger partial charge >= 0.3 is 0 Å². The van der Waals surface area contributed by atoms with E-state index in [0.717, 1.165) is 36.0 Å². The van der Waals surface area contributed by atoms with Gasteiger partial charge in [-0.15, -0.1) is 5.10 Å². The summed E-state index contributed by atoms with van der Waals surface area (Å²) in [7, 11) is 2.27. The second-order valence-corrected chi connectivity index (χ2v) is 7.72. The maximum Gasteiger partial charge on any atom is 0.231 e. The van der Waals surface area contributed by atoms with E-state index in [1.54, 1.807) is 9.80 Å². The van der Waals surface area contributed by atoms with E-state index in [-0.39, 0.29) is 0 Å². The molecule has 2 aromatic rings. The monoisotopic (exact) mass is 360 g/mol. The van der Waals surface area contributed by atoms with Crippen LogP contribution in [0.4, 0.5) is 0 Å². The van der Waals surface area contributed by atoms with Crippen molar-refractivity contribution in [3.63, 3.8) is 0 Å². The Morgan fingerprint density at radius 2 is 1.88 bits per heavy atom. The van der Waals surface area contributed by atoms with Crippen LogP contribution in [-0.4, -0.2) is 60.2 Å². The quantitative estimate of drug-likeness (QED) is 0.684. The minimum atomic E-state index is 0.291. The Labute approximate surface area is 153 Å². The fraction of sp³-hybridized carbons (Fsp3) is 0.611. The number of ether oxygens (including phenoxy) is 2. The maximum atomic E-state index is 5.49. The lowest BCUT2D eigenvalue weighted by atomic mass is 10.0. The maximum absolute atomic E-state index is 5.49. The first-order valence-electron chi connectivity index (χ1n) is 9.42. The van der Waals surface area contributed by atoms with Crippen molar-refractivity contribution >= 4 is 0 Å². The summed E-state index contributed by atoms with van der Waals surface area (Å²) in [6.07, 6.45) is 0. The highest BCUT2D eigenvalue weighted by Gasteiger charge is 2.35. The first kappa shape index (κ1) is 17.2. The summed E-state index contributed by atoms with van der Waals surface area (Å²) < 4.78 is 12.8. The Kier molecular flexibility index (Phi) is 4.78. The molecule has 0 unspecified atom stereocenters. The van der Waals surface area contributed by atoms with Gasteiger partial charge in [0, 0.05) is 5.92 Å². The van der Waals surface area contributed by atoms with Crippen molar-refractivity contribution in [3.05, 3.63) is 29.6 Å². The third-order valence-electron chi connectivity index (χ3n) is 5.46. The molecule has 0 saturated carbocycles. The number of aromatic nitrogens is 4. The van der Waals surface area contributed by atoms with Crippen LogP contribution in [0.25, 0.3) is 0 Å². The van der Waals surface area contributed by atoms with Gasteiger partial charge in [0.05, 0.1) is 13.6 Å². The van der Waals surface area contributed by atoms with E-state index in [1.165, 1.54) is 13.1 Å². The van der Waals surface area contributed by atoms with Crippen LogP contribution >= 0.6 is 0 Å². The van der Waals surface area contributed by atoms with Crippen LogP contribution in [0, 0.1) is 5.92 Å². The van der Waals surface area contributed by atoms with Gasteiger partial charge in [0.1, 0.15) is 26.2 Å². The number of quaternary nitrogens is 2. The van der Waals surface area contributed by atoms with Gasteiger partial charge in [-0.25, -0.2) is 4.68 Å². The first-order chi connectivity index (χ1) is 12.6. The standard InChI is InChI=1S/C18H26N6O2/c1-13(2)17(23-8-6-22(3)7-9-23)18-19-20-21-24(18)11-14-4-5-15-16(10-14)26-12-25-15/h4-5,10,13,17H,6-9,11-12H2,1-3H3/p+2/t17-/m0/s1. The number of benzene rings is 1. The van der Waals surface area contributed by atoms with E-state index in [9.17, 15) is 0 Å². The molecule has 1 aromatic heterocycles. The van der Waals surface area contributed by atoms with Crippen molar-refractivity contribution in [3.8, 4) is 11.5 Å². The molecule has 1 saturated heterocycles. The van der Waals surface area contributed by atoms with Crippen molar-refractivity contribution in [1.29, 1.82) is 0 Å². The molecule has 140 valence electrons. The Bertz CT molecular complexity index is 754. The largest absolute Gasteiger partial charge is 0.454 e. The Hall–Kier alpha value is -2.19. The van der Waals surface area contributed by atoms with Crippen molar-refractivity contribution < 1.29 is 19.3 Å². The number of likely N-dealkylation sites (N-methyl/N-ethyl adjacent to an activating group) is 1. The summed E-state index contributed by atoms with van der Waals surface area (Å²) in [4.78, 5) is 3.20. The molecule has 1 atom stereocenters. The van der Waals surface area contributed by atoms with Crippen molar-refractivity contribution in [1.82, 2.24) is 20.2 Å². The predicted molar refractivity (Wildman–Crippen MR) is 94.4 cm³/mol. The molecular formula is C18H28N6O2+2. The second-order valence-electron chi connectivity index (χ2n) is 7.72. The van der Waals surface area contributed by atoms with Crippen LogP contribution in [0.2, 0.25) is 0 Å². The highest BCUT2D eigenvalue weighted by atomic mass is 16.7. The number of nitrogens with zero attached hydrogens (tertiary/aromatic N) is 4. The van der Waals surface area contributed by atoms with E-state index < -0.39 is 0 Å². The van der Waals surface area contributed by atoms with E-state index in [0.29, 0.717) is 25.3 Å². The lowest BCUT2D eigenvalue weighted by molar-refractivity contribution is -1.02. The van der Waals surface area contributed by atoms with Crippen LogP contribution < -0.4 is 19.3 Å². The summed E-state index contributed by atoms with van der Waals surface area (Å²) in [5.74, 6) is 3.05. The summed E-state index contributed by atoms with van der Waals surface area (Å²) in [6, 6.07) is 6.34.